The van der Waals surface area contributed by atoms with Gasteiger partial charge in [0.25, 0.3) is 0 Å². The lowest BCUT2D eigenvalue weighted by Gasteiger charge is -2.35. The first-order chi connectivity index (χ1) is 6.50. The van der Waals surface area contributed by atoms with Crippen molar-refractivity contribution in [1.29, 1.82) is 0 Å². The van der Waals surface area contributed by atoms with Crippen LogP contribution in [0, 0.1) is 18.3 Å². The van der Waals surface area contributed by atoms with Gasteiger partial charge in [-0.25, -0.2) is 0 Å². The molecule has 0 spiro atoms. The third kappa shape index (κ3) is 1.94. The zero-order valence-electron chi connectivity index (χ0n) is 9.30. The molecule has 2 unspecified atom stereocenters. The summed E-state index contributed by atoms with van der Waals surface area (Å²) in [5.74, 6) is 0.152. The summed E-state index contributed by atoms with van der Waals surface area (Å²) in [7, 11) is 0. The zero-order chi connectivity index (χ0) is 10.8. The highest BCUT2D eigenvalue weighted by Gasteiger charge is 2.41. The summed E-state index contributed by atoms with van der Waals surface area (Å²) in [6.45, 7) is 9.93. The summed E-state index contributed by atoms with van der Waals surface area (Å²) in [6.07, 6.45) is 4.05. The Morgan fingerprint density at radius 2 is 2.43 bits per heavy atom. The summed E-state index contributed by atoms with van der Waals surface area (Å²) < 4.78 is 5.01. The van der Waals surface area contributed by atoms with Gasteiger partial charge in [0.15, 0.2) is 0 Å². The summed E-state index contributed by atoms with van der Waals surface area (Å²) in [5.41, 5.74) is 1.02. The lowest BCUT2D eigenvalue weighted by molar-refractivity contribution is -0.156. The topological polar surface area (TPSA) is 26.3 Å². The minimum absolute atomic E-state index is 0.108. The van der Waals surface area contributed by atoms with Crippen LogP contribution in [0.3, 0.4) is 0 Å². The fraction of sp³-hybridized carbons (Fsp3) is 0.667. The van der Waals surface area contributed by atoms with E-state index in [2.05, 4.69) is 26.8 Å². The van der Waals surface area contributed by atoms with Crippen molar-refractivity contribution in [1.82, 2.24) is 0 Å². The van der Waals surface area contributed by atoms with Crippen molar-refractivity contribution in [2.75, 3.05) is 6.61 Å². The molecule has 0 saturated heterocycles. The van der Waals surface area contributed by atoms with E-state index < -0.39 is 0 Å². The van der Waals surface area contributed by atoms with Gasteiger partial charge in [0.1, 0.15) is 6.92 Å². The molecule has 0 radical (unpaired) electrons. The Labute approximate surface area is 86.3 Å². The van der Waals surface area contributed by atoms with E-state index in [4.69, 9.17) is 4.74 Å². The van der Waals surface area contributed by atoms with Gasteiger partial charge >= 0.3 is 5.97 Å². The van der Waals surface area contributed by atoms with Crippen molar-refractivity contribution in [3.63, 3.8) is 0 Å². The lowest BCUT2D eigenvalue weighted by atomic mass is 9.70. The standard InChI is InChI=1S/C12H19O2/c1-5-14-11(13)12(4)7-6-9(2)8-10(12)3/h8,10H,1,5-7H2,2-4H3/q+1. The number of hydrogen-bond donors (Lipinski definition) is 0. The average Bonchev–Trinajstić information content (AvgIpc) is 2.12. The molecule has 2 nitrogen and oxygen atoms in total. The third-order valence-electron chi connectivity index (χ3n) is 3.28. The van der Waals surface area contributed by atoms with Crippen LogP contribution in [0.5, 0.6) is 0 Å². The highest BCUT2D eigenvalue weighted by molar-refractivity contribution is 5.77. The molecule has 2 atom stereocenters. The molecule has 0 aromatic carbocycles. The van der Waals surface area contributed by atoms with Crippen molar-refractivity contribution in [2.45, 2.75) is 33.6 Å². The molecular formula is C12H19O2+. The molecular weight excluding hydrogens is 176 g/mol. The van der Waals surface area contributed by atoms with Crippen LogP contribution in [0.1, 0.15) is 33.6 Å². The average molecular weight is 195 g/mol. The van der Waals surface area contributed by atoms with Crippen LogP contribution >= 0.6 is 0 Å². The molecule has 0 saturated carbocycles. The molecule has 0 aliphatic heterocycles. The van der Waals surface area contributed by atoms with Gasteiger partial charge in [0, 0.05) is 0 Å². The molecule has 14 heavy (non-hydrogen) atoms. The van der Waals surface area contributed by atoms with E-state index in [9.17, 15) is 4.79 Å². The van der Waals surface area contributed by atoms with Crippen LogP contribution in [0.15, 0.2) is 11.6 Å². The van der Waals surface area contributed by atoms with Gasteiger partial charge in [-0.1, -0.05) is 18.6 Å². The Bertz CT molecular complexity index is 255. The molecule has 1 rings (SSSR count). The van der Waals surface area contributed by atoms with E-state index in [1.165, 1.54) is 5.57 Å². The summed E-state index contributed by atoms with van der Waals surface area (Å²) in [5, 5.41) is 0. The number of allylic oxidation sites excluding steroid dienone is 2. The highest BCUT2D eigenvalue weighted by Crippen LogP contribution is 2.40. The van der Waals surface area contributed by atoms with Gasteiger partial charge in [-0.3, -0.25) is 4.79 Å². The SMILES string of the molecule is [CH2+]COC(=O)C1(C)CCC(C)=CC1C. The molecule has 0 aromatic heterocycles. The summed E-state index contributed by atoms with van der Waals surface area (Å²) in [4.78, 5) is 11.7. The second kappa shape index (κ2) is 4.07. The Balaban J connectivity index is 2.80. The fourth-order valence-electron chi connectivity index (χ4n) is 1.92. The number of hydrogen-bond acceptors (Lipinski definition) is 2. The Morgan fingerprint density at radius 3 is 2.93 bits per heavy atom. The van der Waals surface area contributed by atoms with E-state index in [0.717, 1.165) is 12.8 Å². The molecule has 78 valence electrons. The third-order valence-corrected chi connectivity index (χ3v) is 3.28. The van der Waals surface area contributed by atoms with E-state index in [-0.39, 0.29) is 23.9 Å². The summed E-state index contributed by atoms with van der Waals surface area (Å²) >= 11 is 0. The predicted octanol–water partition coefficient (Wildman–Crippen LogP) is 2.75. The first kappa shape index (κ1) is 11.2. The Kier molecular flexibility index (Phi) is 3.25. The van der Waals surface area contributed by atoms with E-state index >= 15 is 0 Å². The lowest BCUT2D eigenvalue weighted by Crippen LogP contribution is -2.37. The molecule has 0 fully saturated rings. The maximum atomic E-state index is 11.7. The Hall–Kier alpha value is -0.920. The van der Waals surface area contributed by atoms with Gasteiger partial charge in [0.05, 0.1) is 5.41 Å². The van der Waals surface area contributed by atoms with Crippen LogP contribution in [0.4, 0.5) is 0 Å². The smallest absolute Gasteiger partial charge is 0.315 e. The van der Waals surface area contributed by atoms with Crippen molar-refractivity contribution in [3.05, 3.63) is 18.6 Å². The van der Waals surface area contributed by atoms with Gasteiger partial charge in [-0.05, 0) is 32.6 Å². The van der Waals surface area contributed by atoms with E-state index in [1.54, 1.807) is 0 Å². The molecule has 0 heterocycles. The molecule has 0 bridgehead atoms. The zero-order valence-corrected chi connectivity index (χ0v) is 9.30. The first-order valence-corrected chi connectivity index (χ1v) is 5.14. The van der Waals surface area contributed by atoms with E-state index in [0.29, 0.717) is 0 Å². The predicted molar refractivity (Wildman–Crippen MR) is 56.6 cm³/mol. The largest absolute Gasteiger partial charge is 0.423 e. The first-order valence-electron chi connectivity index (χ1n) is 5.14. The second-order valence-corrected chi connectivity index (χ2v) is 4.36. The minimum Gasteiger partial charge on any atom is -0.423 e. The van der Waals surface area contributed by atoms with Gasteiger partial charge in [-0.15, -0.1) is 0 Å². The molecule has 1 aliphatic carbocycles. The maximum Gasteiger partial charge on any atom is 0.315 e. The number of rotatable bonds is 2. The maximum absolute atomic E-state index is 11.7. The van der Waals surface area contributed by atoms with Crippen LogP contribution in [-0.4, -0.2) is 12.6 Å². The Morgan fingerprint density at radius 1 is 1.79 bits per heavy atom. The van der Waals surface area contributed by atoms with Crippen LogP contribution in [0.25, 0.3) is 0 Å². The second-order valence-electron chi connectivity index (χ2n) is 4.36. The van der Waals surface area contributed by atoms with Crippen molar-refractivity contribution < 1.29 is 9.53 Å². The molecule has 1 aliphatic rings. The number of carbonyl (C=O) groups is 1. The van der Waals surface area contributed by atoms with E-state index in [1.807, 2.05) is 6.92 Å². The number of esters is 1. The van der Waals surface area contributed by atoms with Gasteiger partial charge in [0.2, 0.25) is 6.61 Å². The molecule has 2 heteroatoms. The summed E-state index contributed by atoms with van der Waals surface area (Å²) in [6, 6.07) is 0. The van der Waals surface area contributed by atoms with Crippen LogP contribution in [-0.2, 0) is 9.53 Å². The minimum atomic E-state index is -0.350. The molecule has 0 aromatic rings. The van der Waals surface area contributed by atoms with Gasteiger partial charge in [-0.2, -0.15) is 0 Å². The number of ether oxygens (including phenoxy) is 1. The molecule has 0 N–H and O–H groups in total. The quantitative estimate of drug-likeness (QED) is 0.385. The normalized spacial score (nSPS) is 32.2. The van der Waals surface area contributed by atoms with Crippen molar-refractivity contribution in [3.8, 4) is 0 Å². The van der Waals surface area contributed by atoms with Crippen LogP contribution in [0.2, 0.25) is 0 Å². The van der Waals surface area contributed by atoms with Crippen molar-refractivity contribution in [2.24, 2.45) is 11.3 Å². The monoisotopic (exact) mass is 195 g/mol. The number of carbonyl (C=O) groups excluding carboxylic acids is 1. The molecule has 0 amide bonds. The highest BCUT2D eigenvalue weighted by atomic mass is 16.5. The van der Waals surface area contributed by atoms with Crippen molar-refractivity contribution >= 4 is 5.97 Å². The van der Waals surface area contributed by atoms with Crippen LogP contribution < -0.4 is 0 Å². The van der Waals surface area contributed by atoms with Gasteiger partial charge < -0.3 is 4.74 Å². The fourth-order valence-corrected chi connectivity index (χ4v) is 1.92.